The number of alkyl halides is 3. The van der Waals surface area contributed by atoms with Gasteiger partial charge in [-0.1, -0.05) is 34.8 Å². The molecule has 0 bridgehead atoms. The van der Waals surface area contributed by atoms with Crippen LogP contribution in [0, 0.1) is 5.82 Å². The van der Waals surface area contributed by atoms with Crippen molar-refractivity contribution in [2.24, 2.45) is 7.05 Å². The van der Waals surface area contributed by atoms with Crippen LogP contribution in [0.1, 0.15) is 18.2 Å². The predicted molar refractivity (Wildman–Crippen MR) is 98.8 cm³/mol. The number of rotatable bonds is 6. The smallest absolute Gasteiger partial charge is 0.384 e. The Bertz CT molecular complexity index is 944. The van der Waals surface area contributed by atoms with E-state index in [2.05, 4.69) is 4.89 Å². The van der Waals surface area contributed by atoms with Crippen LogP contribution in [0.3, 0.4) is 0 Å². The van der Waals surface area contributed by atoms with Gasteiger partial charge in [0.05, 0.1) is 16.7 Å². The van der Waals surface area contributed by atoms with E-state index in [9.17, 15) is 18.0 Å². The van der Waals surface area contributed by atoms with Gasteiger partial charge < -0.3 is 9.30 Å². The third-order valence-corrected chi connectivity index (χ3v) is 5.09. The SMILES string of the molecule is COCCc1c(F)c(-c2c(Cl)c(C(F)(F)F)n(C)c2Cl)cc(OOC(C)=O)c1Cl. The first-order valence-corrected chi connectivity index (χ1v) is 9.01. The molecule has 1 aromatic carbocycles. The van der Waals surface area contributed by atoms with Crippen molar-refractivity contribution in [2.45, 2.75) is 19.5 Å². The third-order valence-electron chi connectivity index (χ3n) is 3.86. The average Bonchev–Trinajstić information content (AvgIpc) is 2.83. The number of hydrogen-bond acceptors (Lipinski definition) is 4. The molecule has 0 unspecified atom stereocenters. The van der Waals surface area contributed by atoms with Gasteiger partial charge in [-0.25, -0.2) is 9.18 Å². The maximum atomic E-state index is 15.2. The number of carbonyl (C=O) groups is 1. The highest BCUT2D eigenvalue weighted by Crippen LogP contribution is 2.48. The summed E-state index contributed by atoms with van der Waals surface area (Å²) in [4.78, 5) is 20.2. The zero-order valence-corrected chi connectivity index (χ0v) is 17.5. The van der Waals surface area contributed by atoms with Crippen molar-refractivity contribution in [3.8, 4) is 16.9 Å². The standard InChI is InChI=1S/C17H14Cl3F4NO4/c1-7(26)28-29-10-6-9(14(21)8(12(10)18)4-5-27-3)11-13(19)15(17(22,23)24)25(2)16(11)20/h6H,4-5H2,1-3H3. The summed E-state index contributed by atoms with van der Waals surface area (Å²) in [6.45, 7) is 1.09. The van der Waals surface area contributed by atoms with Crippen molar-refractivity contribution in [2.75, 3.05) is 13.7 Å². The lowest BCUT2D eigenvalue weighted by atomic mass is 10.0. The first-order chi connectivity index (χ1) is 13.4. The Balaban J connectivity index is 2.78. The van der Waals surface area contributed by atoms with Gasteiger partial charge >= 0.3 is 12.1 Å². The molecule has 0 saturated heterocycles. The van der Waals surface area contributed by atoms with E-state index in [1.165, 1.54) is 7.11 Å². The Hall–Kier alpha value is -1.68. The fourth-order valence-electron chi connectivity index (χ4n) is 2.60. The molecular formula is C17H14Cl3F4NO4. The molecule has 0 aliphatic heterocycles. The zero-order valence-electron chi connectivity index (χ0n) is 15.2. The Kier molecular flexibility index (Phi) is 7.32. The van der Waals surface area contributed by atoms with E-state index in [1.54, 1.807) is 0 Å². The van der Waals surface area contributed by atoms with E-state index in [0.29, 0.717) is 4.57 Å². The summed E-state index contributed by atoms with van der Waals surface area (Å²) in [6.07, 6.45) is -4.90. The van der Waals surface area contributed by atoms with E-state index in [1.807, 2.05) is 0 Å². The van der Waals surface area contributed by atoms with Gasteiger partial charge in [0.15, 0.2) is 5.75 Å². The van der Waals surface area contributed by atoms with Crippen molar-refractivity contribution in [3.63, 3.8) is 0 Å². The topological polar surface area (TPSA) is 49.7 Å². The molecule has 0 fully saturated rings. The molecule has 29 heavy (non-hydrogen) atoms. The van der Waals surface area contributed by atoms with E-state index in [0.717, 1.165) is 20.0 Å². The largest absolute Gasteiger partial charge is 0.432 e. The van der Waals surface area contributed by atoms with Crippen LogP contribution in [0.5, 0.6) is 5.75 Å². The zero-order chi connectivity index (χ0) is 22.1. The van der Waals surface area contributed by atoms with Crippen LogP contribution in [0.15, 0.2) is 6.07 Å². The van der Waals surface area contributed by atoms with E-state index >= 15 is 4.39 Å². The van der Waals surface area contributed by atoms with Crippen molar-refractivity contribution >= 4 is 40.8 Å². The normalized spacial score (nSPS) is 11.7. The second-order valence-corrected chi connectivity index (χ2v) is 6.93. The van der Waals surface area contributed by atoms with Crippen LogP contribution in [-0.4, -0.2) is 24.3 Å². The lowest BCUT2D eigenvalue weighted by molar-refractivity contribution is -0.210. The second-order valence-electron chi connectivity index (χ2n) is 5.82. The van der Waals surface area contributed by atoms with Crippen LogP contribution >= 0.6 is 34.8 Å². The molecule has 0 N–H and O–H groups in total. The summed E-state index contributed by atoms with van der Waals surface area (Å²) in [5, 5.41) is -1.51. The van der Waals surface area contributed by atoms with E-state index < -0.39 is 45.0 Å². The molecule has 2 aromatic rings. The Morgan fingerprint density at radius 2 is 1.83 bits per heavy atom. The van der Waals surface area contributed by atoms with Gasteiger partial charge in [0.1, 0.15) is 16.7 Å². The first-order valence-electron chi connectivity index (χ1n) is 7.87. The minimum atomic E-state index is -4.84. The lowest BCUT2D eigenvalue weighted by Crippen LogP contribution is -2.11. The quantitative estimate of drug-likeness (QED) is 0.297. The number of methoxy groups -OCH3 is 1. The van der Waals surface area contributed by atoms with Gasteiger partial charge in [-0.3, -0.25) is 9.78 Å². The summed E-state index contributed by atoms with van der Waals surface area (Å²) in [6, 6.07) is 0.949. The molecular weight excluding hydrogens is 465 g/mol. The minimum Gasteiger partial charge on any atom is -0.384 e. The molecule has 2 rings (SSSR count). The van der Waals surface area contributed by atoms with Gasteiger partial charge in [-0.05, 0) is 6.07 Å². The van der Waals surface area contributed by atoms with Crippen LogP contribution in [0.2, 0.25) is 15.2 Å². The van der Waals surface area contributed by atoms with Crippen LogP contribution in [0.4, 0.5) is 17.6 Å². The maximum absolute atomic E-state index is 15.2. The number of halogens is 7. The molecule has 0 spiro atoms. The Labute approximate surface area is 177 Å². The van der Waals surface area contributed by atoms with Crippen LogP contribution in [0.25, 0.3) is 11.1 Å². The molecule has 0 amide bonds. The third kappa shape index (κ3) is 4.74. The maximum Gasteiger partial charge on any atom is 0.432 e. The number of aromatic nitrogens is 1. The molecule has 1 heterocycles. The fraction of sp³-hybridized carbons (Fsp3) is 0.353. The van der Waals surface area contributed by atoms with Gasteiger partial charge in [0.25, 0.3) is 0 Å². The lowest BCUT2D eigenvalue weighted by Gasteiger charge is -2.14. The number of nitrogens with zero attached hydrogens (tertiary/aromatic N) is 1. The molecule has 12 heteroatoms. The molecule has 5 nitrogen and oxygen atoms in total. The highest BCUT2D eigenvalue weighted by Gasteiger charge is 2.40. The molecule has 0 aliphatic carbocycles. The van der Waals surface area contributed by atoms with E-state index in [-0.39, 0.29) is 29.4 Å². The van der Waals surface area contributed by atoms with Crippen molar-refractivity contribution in [1.29, 1.82) is 0 Å². The summed E-state index contributed by atoms with van der Waals surface area (Å²) in [5.41, 5.74) is -2.22. The first kappa shape index (κ1) is 23.6. The monoisotopic (exact) mass is 477 g/mol. The summed E-state index contributed by atoms with van der Waals surface area (Å²) in [5.74, 6) is -2.11. The van der Waals surface area contributed by atoms with Crippen molar-refractivity contribution in [1.82, 2.24) is 4.57 Å². The highest BCUT2D eigenvalue weighted by molar-refractivity contribution is 6.40. The molecule has 1 aromatic heterocycles. The van der Waals surface area contributed by atoms with E-state index in [4.69, 9.17) is 44.4 Å². The molecule has 0 radical (unpaired) electrons. The Morgan fingerprint density at radius 1 is 1.21 bits per heavy atom. The molecule has 160 valence electrons. The predicted octanol–water partition coefficient (Wildman–Crippen LogP) is 5.86. The summed E-state index contributed by atoms with van der Waals surface area (Å²) in [7, 11) is 2.41. The van der Waals surface area contributed by atoms with Crippen LogP contribution in [-0.2, 0) is 34.1 Å². The molecule has 0 atom stereocenters. The summed E-state index contributed by atoms with van der Waals surface area (Å²) >= 11 is 18.1. The number of carbonyl (C=O) groups excluding carboxylic acids is 1. The molecule has 0 aliphatic rings. The number of hydrogen-bond donors (Lipinski definition) is 0. The average molecular weight is 479 g/mol. The number of ether oxygens (including phenoxy) is 1. The second kappa shape index (κ2) is 8.99. The fourth-order valence-corrected chi connectivity index (χ4v) is 3.62. The van der Waals surface area contributed by atoms with Crippen LogP contribution < -0.4 is 4.89 Å². The van der Waals surface area contributed by atoms with Gasteiger partial charge in [0.2, 0.25) is 0 Å². The molecule has 0 saturated carbocycles. The van der Waals surface area contributed by atoms with Gasteiger partial charge in [-0.2, -0.15) is 13.2 Å². The Morgan fingerprint density at radius 3 is 2.31 bits per heavy atom. The van der Waals surface area contributed by atoms with Gasteiger partial charge in [0, 0.05) is 44.2 Å². The van der Waals surface area contributed by atoms with Crippen molar-refractivity contribution in [3.05, 3.63) is 38.3 Å². The van der Waals surface area contributed by atoms with Crippen molar-refractivity contribution < 1.29 is 36.9 Å². The van der Waals surface area contributed by atoms with Gasteiger partial charge in [-0.15, -0.1) is 0 Å². The minimum absolute atomic E-state index is 0.0388. The number of benzene rings is 1. The summed E-state index contributed by atoms with van der Waals surface area (Å²) < 4.78 is 60.7. The highest BCUT2D eigenvalue weighted by atomic mass is 35.5.